The third kappa shape index (κ3) is 5.24. The van der Waals surface area contributed by atoms with Gasteiger partial charge < -0.3 is 10.4 Å². The van der Waals surface area contributed by atoms with Crippen LogP contribution >= 0.6 is 23.4 Å². The van der Waals surface area contributed by atoms with Gasteiger partial charge in [-0.1, -0.05) is 18.0 Å². The lowest BCUT2D eigenvalue weighted by Gasteiger charge is -2.29. The van der Waals surface area contributed by atoms with Crippen molar-refractivity contribution >= 4 is 23.4 Å². The molecule has 0 bridgehead atoms. The Morgan fingerprint density at radius 1 is 1.50 bits per heavy atom. The summed E-state index contributed by atoms with van der Waals surface area (Å²) in [4.78, 5) is 4.27. The topological polar surface area (TPSA) is 45.2 Å². The standard InChI is InChI=1S/C15H23ClN2OS/c1-15(11-19,18-12-6-7-12)8-2-3-10-20-14-13(16)5-4-9-17-14/h4-5,9,12,18-19H,2-3,6-8,10-11H2,1H3. The van der Waals surface area contributed by atoms with Crippen molar-refractivity contribution in [1.29, 1.82) is 0 Å². The van der Waals surface area contributed by atoms with Crippen LogP contribution in [-0.4, -0.2) is 34.0 Å². The molecule has 1 fully saturated rings. The molecule has 0 radical (unpaired) electrons. The number of hydrogen-bond donors (Lipinski definition) is 2. The molecule has 0 aromatic carbocycles. The van der Waals surface area contributed by atoms with Crippen LogP contribution < -0.4 is 5.32 Å². The fourth-order valence-corrected chi connectivity index (χ4v) is 3.35. The Morgan fingerprint density at radius 2 is 2.30 bits per heavy atom. The first-order chi connectivity index (χ1) is 9.63. The second-order valence-corrected chi connectivity index (χ2v) is 7.22. The lowest BCUT2D eigenvalue weighted by atomic mass is 9.96. The molecule has 1 aliphatic rings. The van der Waals surface area contributed by atoms with Crippen molar-refractivity contribution in [2.45, 2.75) is 55.6 Å². The normalized spacial score (nSPS) is 17.9. The summed E-state index contributed by atoms with van der Waals surface area (Å²) in [6, 6.07) is 4.36. The maximum Gasteiger partial charge on any atom is 0.115 e. The van der Waals surface area contributed by atoms with Gasteiger partial charge in [-0.05, 0) is 50.5 Å². The van der Waals surface area contributed by atoms with E-state index in [4.69, 9.17) is 11.6 Å². The van der Waals surface area contributed by atoms with Crippen molar-refractivity contribution < 1.29 is 5.11 Å². The molecule has 1 aromatic heterocycles. The largest absolute Gasteiger partial charge is 0.394 e. The van der Waals surface area contributed by atoms with Crippen molar-refractivity contribution in [3.63, 3.8) is 0 Å². The highest BCUT2D eigenvalue weighted by molar-refractivity contribution is 7.99. The fraction of sp³-hybridized carbons (Fsp3) is 0.667. The summed E-state index contributed by atoms with van der Waals surface area (Å²) in [7, 11) is 0. The second-order valence-electron chi connectivity index (χ2n) is 5.73. The molecule has 1 aliphatic carbocycles. The van der Waals surface area contributed by atoms with E-state index in [-0.39, 0.29) is 12.1 Å². The first-order valence-corrected chi connectivity index (χ1v) is 8.61. The molecule has 2 rings (SSSR count). The number of hydrogen-bond acceptors (Lipinski definition) is 4. The van der Waals surface area contributed by atoms with E-state index in [2.05, 4.69) is 17.2 Å². The Morgan fingerprint density at radius 3 is 2.95 bits per heavy atom. The van der Waals surface area contributed by atoms with Crippen LogP contribution in [0.5, 0.6) is 0 Å². The van der Waals surface area contributed by atoms with E-state index >= 15 is 0 Å². The number of nitrogens with zero attached hydrogens (tertiary/aromatic N) is 1. The minimum atomic E-state index is -0.117. The molecule has 1 aromatic rings. The second kappa shape index (κ2) is 7.64. The molecule has 1 unspecified atom stereocenters. The Bertz CT molecular complexity index is 428. The molecule has 3 nitrogen and oxygen atoms in total. The van der Waals surface area contributed by atoms with E-state index in [1.165, 1.54) is 12.8 Å². The Hall–Kier alpha value is -0.290. The molecule has 0 amide bonds. The van der Waals surface area contributed by atoms with Gasteiger partial charge in [-0.15, -0.1) is 11.8 Å². The lowest BCUT2D eigenvalue weighted by molar-refractivity contribution is 0.161. The lowest BCUT2D eigenvalue weighted by Crippen LogP contribution is -2.46. The summed E-state index contributed by atoms with van der Waals surface area (Å²) in [5.74, 6) is 1.02. The molecule has 0 aliphatic heterocycles. The van der Waals surface area contributed by atoms with Gasteiger partial charge in [0.05, 0.1) is 11.6 Å². The van der Waals surface area contributed by atoms with E-state index in [1.54, 1.807) is 18.0 Å². The number of rotatable bonds is 9. The molecular formula is C15H23ClN2OS. The van der Waals surface area contributed by atoms with Crippen molar-refractivity contribution in [1.82, 2.24) is 10.3 Å². The predicted molar refractivity (Wildman–Crippen MR) is 85.5 cm³/mol. The number of aromatic nitrogens is 1. The quantitative estimate of drug-likeness (QED) is 0.541. The van der Waals surface area contributed by atoms with Crippen molar-refractivity contribution in [3.8, 4) is 0 Å². The minimum Gasteiger partial charge on any atom is -0.394 e. The molecule has 1 heterocycles. The first kappa shape index (κ1) is 16.1. The summed E-state index contributed by atoms with van der Waals surface area (Å²) >= 11 is 7.78. The monoisotopic (exact) mass is 314 g/mol. The minimum absolute atomic E-state index is 0.117. The van der Waals surface area contributed by atoms with Gasteiger partial charge in [0, 0.05) is 17.8 Å². The number of nitrogens with one attached hydrogen (secondary N) is 1. The van der Waals surface area contributed by atoms with Crippen LogP contribution in [0.2, 0.25) is 5.02 Å². The Balaban J connectivity index is 1.64. The van der Waals surface area contributed by atoms with E-state index in [0.29, 0.717) is 6.04 Å². The number of aliphatic hydroxyl groups excluding tert-OH is 1. The maximum absolute atomic E-state index is 9.54. The van der Waals surface area contributed by atoms with Gasteiger partial charge in [0.2, 0.25) is 0 Å². The molecule has 0 saturated heterocycles. The molecule has 1 saturated carbocycles. The van der Waals surface area contributed by atoms with Gasteiger partial charge in [0.25, 0.3) is 0 Å². The summed E-state index contributed by atoms with van der Waals surface area (Å²) in [5, 5.41) is 14.7. The number of thioether (sulfide) groups is 1. The molecule has 20 heavy (non-hydrogen) atoms. The SMILES string of the molecule is CC(CO)(CCCCSc1ncccc1Cl)NC1CC1. The van der Waals surface area contributed by atoms with Gasteiger partial charge >= 0.3 is 0 Å². The summed E-state index contributed by atoms with van der Waals surface area (Å²) in [5.41, 5.74) is -0.117. The zero-order valence-corrected chi connectivity index (χ0v) is 13.5. The highest BCUT2D eigenvalue weighted by Gasteiger charge is 2.31. The average Bonchev–Trinajstić information content (AvgIpc) is 3.24. The van der Waals surface area contributed by atoms with Crippen molar-refractivity contribution in [2.75, 3.05) is 12.4 Å². The smallest absolute Gasteiger partial charge is 0.115 e. The summed E-state index contributed by atoms with van der Waals surface area (Å²) in [6.07, 6.45) is 7.51. The van der Waals surface area contributed by atoms with Crippen LogP contribution in [0.1, 0.15) is 39.0 Å². The number of aliphatic hydroxyl groups is 1. The van der Waals surface area contributed by atoms with Gasteiger partial charge in [-0.25, -0.2) is 4.98 Å². The van der Waals surface area contributed by atoms with Crippen LogP contribution in [0.4, 0.5) is 0 Å². The summed E-state index contributed by atoms with van der Waals surface area (Å²) in [6.45, 7) is 2.33. The average molecular weight is 315 g/mol. The number of unbranched alkanes of at least 4 members (excludes halogenated alkanes) is 1. The predicted octanol–water partition coefficient (Wildman–Crippen LogP) is 3.50. The van der Waals surface area contributed by atoms with Gasteiger partial charge in [-0.2, -0.15) is 0 Å². The Labute approximate surface area is 130 Å². The van der Waals surface area contributed by atoms with E-state index in [0.717, 1.165) is 35.1 Å². The number of halogens is 1. The van der Waals surface area contributed by atoms with Crippen LogP contribution in [0.15, 0.2) is 23.4 Å². The highest BCUT2D eigenvalue weighted by Crippen LogP contribution is 2.27. The molecule has 0 spiro atoms. The van der Waals surface area contributed by atoms with Crippen LogP contribution in [0.25, 0.3) is 0 Å². The number of pyridine rings is 1. The molecule has 1 atom stereocenters. The zero-order valence-electron chi connectivity index (χ0n) is 11.9. The van der Waals surface area contributed by atoms with Crippen molar-refractivity contribution in [3.05, 3.63) is 23.4 Å². The first-order valence-electron chi connectivity index (χ1n) is 7.25. The third-order valence-corrected chi connectivity index (χ3v) is 5.07. The Kier molecular flexibility index (Phi) is 6.15. The van der Waals surface area contributed by atoms with Crippen LogP contribution in [-0.2, 0) is 0 Å². The van der Waals surface area contributed by atoms with Crippen LogP contribution in [0, 0.1) is 0 Å². The zero-order chi connectivity index (χ0) is 14.4. The van der Waals surface area contributed by atoms with Crippen molar-refractivity contribution in [2.24, 2.45) is 0 Å². The fourth-order valence-electron chi connectivity index (χ4n) is 2.18. The molecule has 112 valence electrons. The highest BCUT2D eigenvalue weighted by atomic mass is 35.5. The van der Waals surface area contributed by atoms with E-state index in [9.17, 15) is 5.11 Å². The summed E-state index contributed by atoms with van der Waals surface area (Å²) < 4.78 is 0. The van der Waals surface area contributed by atoms with E-state index in [1.807, 2.05) is 12.1 Å². The van der Waals surface area contributed by atoms with Crippen LogP contribution in [0.3, 0.4) is 0 Å². The van der Waals surface area contributed by atoms with Gasteiger partial charge in [0.1, 0.15) is 5.03 Å². The molecule has 2 N–H and O–H groups in total. The maximum atomic E-state index is 9.54. The molecular weight excluding hydrogens is 292 g/mol. The van der Waals surface area contributed by atoms with Gasteiger partial charge in [-0.3, -0.25) is 0 Å². The van der Waals surface area contributed by atoms with Gasteiger partial charge in [0.15, 0.2) is 0 Å². The van der Waals surface area contributed by atoms with E-state index < -0.39 is 0 Å². The molecule has 5 heteroatoms. The third-order valence-electron chi connectivity index (χ3n) is 3.57.